The molecule has 1 fully saturated rings. The normalized spacial score (nSPS) is 16.5. The van der Waals surface area contributed by atoms with Crippen molar-refractivity contribution >= 4 is 21.9 Å². The van der Waals surface area contributed by atoms with Gasteiger partial charge in [-0.2, -0.15) is 0 Å². The van der Waals surface area contributed by atoms with Crippen LogP contribution in [0.5, 0.6) is 5.75 Å². The summed E-state index contributed by atoms with van der Waals surface area (Å²) in [5.41, 5.74) is 0.479. The Balaban J connectivity index is 1.82. The van der Waals surface area contributed by atoms with Crippen LogP contribution in [0.2, 0.25) is 0 Å². The fourth-order valence-electron chi connectivity index (χ4n) is 2.54. The zero-order valence-electron chi connectivity index (χ0n) is 13.0. The first kappa shape index (κ1) is 17.2. The SMILES string of the molecule is COC(=O)c1cc(Br)cc(OCCN2CCC(OC)CC2)c1. The summed E-state index contributed by atoms with van der Waals surface area (Å²) in [7, 11) is 3.14. The number of rotatable bonds is 6. The third-order valence-electron chi connectivity index (χ3n) is 3.84. The van der Waals surface area contributed by atoms with E-state index < -0.39 is 0 Å². The number of ether oxygens (including phenoxy) is 3. The summed E-state index contributed by atoms with van der Waals surface area (Å²) in [5, 5.41) is 0. The predicted octanol–water partition coefficient (Wildman–Crippen LogP) is 2.73. The lowest BCUT2D eigenvalue weighted by Crippen LogP contribution is -2.38. The highest BCUT2D eigenvalue weighted by atomic mass is 79.9. The van der Waals surface area contributed by atoms with Crippen LogP contribution in [0.15, 0.2) is 22.7 Å². The Bertz CT molecular complexity index is 501. The van der Waals surface area contributed by atoms with E-state index in [0.717, 1.165) is 36.9 Å². The first-order valence-electron chi connectivity index (χ1n) is 7.39. The number of esters is 1. The van der Waals surface area contributed by atoms with Gasteiger partial charge in [0.05, 0.1) is 18.8 Å². The second-order valence-corrected chi connectivity index (χ2v) is 6.21. The molecule has 1 aliphatic heterocycles. The Labute approximate surface area is 139 Å². The van der Waals surface area contributed by atoms with Crippen molar-refractivity contribution in [3.63, 3.8) is 0 Å². The lowest BCUT2D eigenvalue weighted by Gasteiger charge is -2.30. The van der Waals surface area contributed by atoms with E-state index in [2.05, 4.69) is 20.8 Å². The number of benzene rings is 1. The predicted molar refractivity (Wildman–Crippen MR) is 87.4 cm³/mol. The average Bonchev–Trinajstić information content (AvgIpc) is 2.54. The van der Waals surface area contributed by atoms with Crippen LogP contribution in [0.1, 0.15) is 23.2 Å². The number of carbonyl (C=O) groups excluding carboxylic acids is 1. The number of methoxy groups -OCH3 is 2. The first-order chi connectivity index (χ1) is 10.6. The summed E-state index contributed by atoms with van der Waals surface area (Å²) in [6.07, 6.45) is 2.53. The molecule has 0 atom stereocenters. The zero-order valence-corrected chi connectivity index (χ0v) is 14.6. The molecule has 0 radical (unpaired) electrons. The van der Waals surface area contributed by atoms with Gasteiger partial charge in [-0.3, -0.25) is 4.90 Å². The minimum absolute atomic E-state index is 0.368. The molecule has 22 heavy (non-hydrogen) atoms. The Kier molecular flexibility index (Phi) is 6.67. The quantitative estimate of drug-likeness (QED) is 0.719. The van der Waals surface area contributed by atoms with E-state index in [9.17, 15) is 4.79 Å². The molecule has 0 spiro atoms. The Morgan fingerprint density at radius 2 is 2.00 bits per heavy atom. The maximum Gasteiger partial charge on any atom is 0.338 e. The van der Waals surface area contributed by atoms with Crippen LogP contribution in [-0.4, -0.2) is 57.4 Å². The van der Waals surface area contributed by atoms with Gasteiger partial charge in [0.25, 0.3) is 0 Å². The van der Waals surface area contributed by atoms with Crippen molar-refractivity contribution in [2.45, 2.75) is 18.9 Å². The smallest absolute Gasteiger partial charge is 0.338 e. The standard InChI is InChI=1S/C16H22BrNO4/c1-20-14-3-5-18(6-4-14)7-8-22-15-10-12(16(19)21-2)9-13(17)11-15/h9-11,14H,3-8H2,1-2H3. The molecule has 6 heteroatoms. The molecular weight excluding hydrogens is 350 g/mol. The maximum atomic E-state index is 11.6. The van der Waals surface area contributed by atoms with Crippen molar-refractivity contribution in [1.29, 1.82) is 0 Å². The molecule has 0 N–H and O–H groups in total. The highest BCUT2D eigenvalue weighted by Gasteiger charge is 2.18. The second-order valence-electron chi connectivity index (χ2n) is 5.29. The van der Waals surface area contributed by atoms with Crippen molar-refractivity contribution in [2.75, 3.05) is 40.5 Å². The molecule has 0 amide bonds. The number of likely N-dealkylation sites (tertiary alicyclic amines) is 1. The third-order valence-corrected chi connectivity index (χ3v) is 4.29. The second kappa shape index (κ2) is 8.50. The molecule has 0 aromatic heterocycles. The third kappa shape index (κ3) is 4.97. The van der Waals surface area contributed by atoms with Crippen LogP contribution in [0.4, 0.5) is 0 Å². The number of piperidine rings is 1. The number of nitrogens with zero attached hydrogens (tertiary/aromatic N) is 1. The van der Waals surface area contributed by atoms with Gasteiger partial charge in [0, 0.05) is 31.2 Å². The monoisotopic (exact) mass is 371 g/mol. The summed E-state index contributed by atoms with van der Waals surface area (Å²) in [6.45, 7) is 3.53. The van der Waals surface area contributed by atoms with E-state index in [-0.39, 0.29) is 5.97 Å². The lowest BCUT2D eigenvalue weighted by molar-refractivity contribution is 0.0375. The molecule has 1 aliphatic rings. The molecule has 0 unspecified atom stereocenters. The molecule has 1 heterocycles. The average molecular weight is 372 g/mol. The summed E-state index contributed by atoms with van der Waals surface area (Å²) >= 11 is 3.38. The topological polar surface area (TPSA) is 48.0 Å². The largest absolute Gasteiger partial charge is 0.492 e. The van der Waals surface area contributed by atoms with Crippen molar-refractivity contribution in [3.05, 3.63) is 28.2 Å². The Morgan fingerprint density at radius 1 is 1.27 bits per heavy atom. The van der Waals surface area contributed by atoms with E-state index in [4.69, 9.17) is 14.2 Å². The zero-order chi connectivity index (χ0) is 15.9. The van der Waals surface area contributed by atoms with Crippen LogP contribution in [0.25, 0.3) is 0 Å². The van der Waals surface area contributed by atoms with Gasteiger partial charge in [-0.05, 0) is 31.0 Å². The lowest BCUT2D eigenvalue weighted by atomic mass is 10.1. The fourth-order valence-corrected chi connectivity index (χ4v) is 3.02. The number of hydrogen-bond acceptors (Lipinski definition) is 5. The van der Waals surface area contributed by atoms with Gasteiger partial charge in [-0.25, -0.2) is 4.79 Å². The van der Waals surface area contributed by atoms with Crippen molar-refractivity contribution in [1.82, 2.24) is 4.90 Å². The van der Waals surface area contributed by atoms with Gasteiger partial charge < -0.3 is 14.2 Å². The number of carbonyl (C=O) groups is 1. The molecule has 0 bridgehead atoms. The molecule has 5 nitrogen and oxygen atoms in total. The van der Waals surface area contributed by atoms with Crippen LogP contribution >= 0.6 is 15.9 Å². The van der Waals surface area contributed by atoms with Gasteiger partial charge >= 0.3 is 5.97 Å². The minimum Gasteiger partial charge on any atom is -0.492 e. The van der Waals surface area contributed by atoms with E-state index >= 15 is 0 Å². The summed E-state index contributed by atoms with van der Waals surface area (Å²) in [6, 6.07) is 5.27. The molecule has 0 saturated carbocycles. The molecule has 2 rings (SSSR count). The van der Waals surface area contributed by atoms with Gasteiger partial charge in [-0.15, -0.1) is 0 Å². The number of halogens is 1. The maximum absolute atomic E-state index is 11.6. The molecule has 0 aliphatic carbocycles. The Hall–Kier alpha value is -1.11. The fraction of sp³-hybridized carbons (Fsp3) is 0.562. The van der Waals surface area contributed by atoms with E-state index in [1.54, 1.807) is 19.2 Å². The van der Waals surface area contributed by atoms with Gasteiger partial charge in [-0.1, -0.05) is 15.9 Å². The summed E-state index contributed by atoms with van der Waals surface area (Å²) in [5.74, 6) is 0.300. The molecule has 1 aromatic rings. The van der Waals surface area contributed by atoms with Crippen LogP contribution < -0.4 is 4.74 Å². The summed E-state index contributed by atoms with van der Waals surface area (Å²) < 4.78 is 16.7. The van der Waals surface area contributed by atoms with Crippen LogP contribution in [0, 0.1) is 0 Å². The number of hydrogen-bond donors (Lipinski definition) is 0. The highest BCUT2D eigenvalue weighted by molar-refractivity contribution is 9.10. The summed E-state index contributed by atoms with van der Waals surface area (Å²) in [4.78, 5) is 13.9. The minimum atomic E-state index is -0.368. The Morgan fingerprint density at radius 3 is 2.64 bits per heavy atom. The van der Waals surface area contributed by atoms with Crippen molar-refractivity contribution < 1.29 is 19.0 Å². The van der Waals surface area contributed by atoms with Gasteiger partial charge in [0.2, 0.25) is 0 Å². The van der Waals surface area contributed by atoms with E-state index in [1.165, 1.54) is 7.11 Å². The molecule has 1 aromatic carbocycles. The molecular formula is C16H22BrNO4. The molecule has 1 saturated heterocycles. The highest BCUT2D eigenvalue weighted by Crippen LogP contribution is 2.22. The van der Waals surface area contributed by atoms with Crippen LogP contribution in [-0.2, 0) is 9.47 Å². The van der Waals surface area contributed by atoms with Crippen molar-refractivity contribution in [3.8, 4) is 5.75 Å². The van der Waals surface area contributed by atoms with E-state index in [0.29, 0.717) is 24.0 Å². The molecule has 122 valence electrons. The van der Waals surface area contributed by atoms with Gasteiger partial charge in [0.1, 0.15) is 12.4 Å². The van der Waals surface area contributed by atoms with Crippen LogP contribution in [0.3, 0.4) is 0 Å². The van der Waals surface area contributed by atoms with E-state index in [1.807, 2.05) is 6.07 Å². The van der Waals surface area contributed by atoms with Crippen molar-refractivity contribution in [2.24, 2.45) is 0 Å². The van der Waals surface area contributed by atoms with Gasteiger partial charge in [0.15, 0.2) is 0 Å². The first-order valence-corrected chi connectivity index (χ1v) is 8.18.